The predicted octanol–water partition coefficient (Wildman–Crippen LogP) is 14.0. The highest BCUT2D eigenvalue weighted by Gasteiger charge is 2.20. The molecule has 0 saturated carbocycles. The van der Waals surface area contributed by atoms with Crippen LogP contribution in [0.25, 0.3) is 106 Å². The number of rotatable bonds is 2. The Bertz CT molecular complexity index is 3020. The molecular formula is C44H24OS2. The van der Waals surface area contributed by atoms with E-state index in [2.05, 4.69) is 146 Å². The lowest BCUT2D eigenvalue weighted by atomic mass is 9.85. The lowest BCUT2D eigenvalue weighted by Gasteiger charge is -2.17. The molecule has 11 rings (SSSR count). The molecule has 0 radical (unpaired) electrons. The highest BCUT2D eigenvalue weighted by Crippen LogP contribution is 2.47. The van der Waals surface area contributed by atoms with Gasteiger partial charge in [-0.25, -0.2) is 0 Å². The summed E-state index contributed by atoms with van der Waals surface area (Å²) in [7, 11) is 0. The van der Waals surface area contributed by atoms with Crippen LogP contribution in [0.2, 0.25) is 0 Å². The molecule has 0 saturated heterocycles. The van der Waals surface area contributed by atoms with Crippen molar-refractivity contribution in [2.45, 2.75) is 0 Å². The quantitative estimate of drug-likeness (QED) is 0.173. The molecule has 1 nitrogen and oxygen atoms in total. The maximum atomic E-state index is 6.63. The van der Waals surface area contributed by atoms with Crippen LogP contribution in [0.15, 0.2) is 150 Å². The third-order valence-electron chi connectivity index (χ3n) is 9.86. The smallest absolute Gasteiger partial charge is 0.136 e. The molecule has 8 aromatic carbocycles. The summed E-state index contributed by atoms with van der Waals surface area (Å²) in [6.45, 7) is 0. The van der Waals surface area contributed by atoms with Gasteiger partial charge in [-0.1, -0.05) is 103 Å². The maximum absolute atomic E-state index is 6.63. The Morgan fingerprint density at radius 2 is 0.830 bits per heavy atom. The van der Waals surface area contributed by atoms with Gasteiger partial charge in [-0.3, -0.25) is 0 Å². The first kappa shape index (κ1) is 25.7. The summed E-state index contributed by atoms with van der Waals surface area (Å²) in [5.74, 6) is 0. The Morgan fingerprint density at radius 1 is 0.319 bits per heavy atom. The van der Waals surface area contributed by atoms with Crippen molar-refractivity contribution >= 4 is 107 Å². The molecular weight excluding hydrogens is 609 g/mol. The van der Waals surface area contributed by atoms with Crippen molar-refractivity contribution in [3.05, 3.63) is 146 Å². The maximum Gasteiger partial charge on any atom is 0.136 e. The summed E-state index contributed by atoms with van der Waals surface area (Å²) in [5.41, 5.74) is 6.82. The second kappa shape index (κ2) is 9.52. The molecule has 0 aliphatic rings. The number of hydrogen-bond acceptors (Lipinski definition) is 3. The number of hydrogen-bond donors (Lipinski definition) is 0. The van der Waals surface area contributed by atoms with E-state index in [1.165, 1.54) is 94.9 Å². The number of furan rings is 1. The zero-order valence-electron chi connectivity index (χ0n) is 25.1. The molecule has 0 spiro atoms. The van der Waals surface area contributed by atoms with Crippen LogP contribution in [0.5, 0.6) is 0 Å². The molecule has 3 heterocycles. The standard InChI is InChI=1S/C44H24OS2/c1-3-12-31-29(10-1)41(25-18-20-33-36(23-25)45-35-21-22-39-44(43(33)35)34-14-6-8-16-38(34)46-39)30-11-2-4-13-32(30)42(31)26-17-19-28-27-9-5-7-15-37(27)47-40(28)24-26/h1-24H. The van der Waals surface area contributed by atoms with Crippen molar-refractivity contribution in [3.63, 3.8) is 0 Å². The molecule has 11 aromatic rings. The summed E-state index contributed by atoms with van der Waals surface area (Å²) in [6.07, 6.45) is 0. The van der Waals surface area contributed by atoms with Crippen LogP contribution < -0.4 is 0 Å². The largest absolute Gasteiger partial charge is 0.456 e. The first-order chi connectivity index (χ1) is 23.3. The van der Waals surface area contributed by atoms with E-state index in [-0.39, 0.29) is 0 Å². The molecule has 0 fully saturated rings. The van der Waals surface area contributed by atoms with Gasteiger partial charge >= 0.3 is 0 Å². The second-order valence-corrected chi connectivity index (χ2v) is 14.5. The average Bonchev–Trinajstić information content (AvgIpc) is 3.80. The zero-order valence-corrected chi connectivity index (χ0v) is 26.7. The van der Waals surface area contributed by atoms with Crippen molar-refractivity contribution in [3.8, 4) is 22.3 Å². The van der Waals surface area contributed by atoms with Gasteiger partial charge in [-0.05, 0) is 86.3 Å². The highest BCUT2D eigenvalue weighted by atomic mass is 32.1. The minimum absolute atomic E-state index is 0.924. The monoisotopic (exact) mass is 632 g/mol. The van der Waals surface area contributed by atoms with Crippen molar-refractivity contribution in [1.29, 1.82) is 0 Å². The number of benzene rings is 8. The Kier molecular flexibility index (Phi) is 5.20. The highest BCUT2D eigenvalue weighted by molar-refractivity contribution is 7.26. The van der Waals surface area contributed by atoms with E-state index >= 15 is 0 Å². The third-order valence-corrected chi connectivity index (χ3v) is 12.1. The topological polar surface area (TPSA) is 13.1 Å². The van der Waals surface area contributed by atoms with Gasteiger partial charge in [0.15, 0.2) is 0 Å². The Balaban J connectivity index is 1.18. The van der Waals surface area contributed by atoms with E-state index in [0.29, 0.717) is 0 Å². The van der Waals surface area contributed by atoms with Crippen LogP contribution >= 0.6 is 22.7 Å². The minimum atomic E-state index is 0.924. The van der Waals surface area contributed by atoms with E-state index in [9.17, 15) is 0 Å². The van der Waals surface area contributed by atoms with E-state index in [4.69, 9.17) is 4.42 Å². The molecule has 0 atom stereocenters. The summed E-state index contributed by atoms with van der Waals surface area (Å²) in [5, 5.41) is 12.7. The predicted molar refractivity (Wildman–Crippen MR) is 205 cm³/mol. The van der Waals surface area contributed by atoms with Crippen molar-refractivity contribution < 1.29 is 4.42 Å². The molecule has 0 aliphatic carbocycles. The van der Waals surface area contributed by atoms with Crippen LogP contribution in [-0.4, -0.2) is 0 Å². The molecule has 3 aromatic heterocycles. The van der Waals surface area contributed by atoms with Gasteiger partial charge < -0.3 is 4.42 Å². The fourth-order valence-corrected chi connectivity index (χ4v) is 10.1. The van der Waals surface area contributed by atoms with Gasteiger partial charge in [0, 0.05) is 51.1 Å². The van der Waals surface area contributed by atoms with Crippen molar-refractivity contribution in [2.75, 3.05) is 0 Å². The average molecular weight is 633 g/mol. The SMILES string of the molecule is c1ccc2c(c1)sc1cc(-c3c4ccccc4c(-c4ccc5c(c4)oc4ccc6sc7ccccc7c6c45)c4ccccc34)ccc12. The summed E-state index contributed by atoms with van der Waals surface area (Å²) >= 11 is 3.73. The van der Waals surface area contributed by atoms with Gasteiger partial charge in [-0.2, -0.15) is 0 Å². The van der Waals surface area contributed by atoms with Gasteiger partial charge in [0.25, 0.3) is 0 Å². The first-order valence-corrected chi connectivity index (χ1v) is 17.6. The number of fused-ring (bicyclic) bond motifs is 12. The Morgan fingerprint density at radius 3 is 1.51 bits per heavy atom. The minimum Gasteiger partial charge on any atom is -0.456 e. The summed E-state index contributed by atoms with van der Waals surface area (Å²) in [4.78, 5) is 0. The van der Waals surface area contributed by atoms with Gasteiger partial charge in [0.1, 0.15) is 11.2 Å². The van der Waals surface area contributed by atoms with Crippen molar-refractivity contribution in [1.82, 2.24) is 0 Å². The zero-order chi connectivity index (χ0) is 30.6. The Labute approximate surface area is 277 Å². The molecule has 0 amide bonds. The molecule has 0 bridgehead atoms. The lowest BCUT2D eigenvalue weighted by Crippen LogP contribution is -1.90. The second-order valence-electron chi connectivity index (χ2n) is 12.4. The van der Waals surface area contributed by atoms with Crippen LogP contribution in [0, 0.1) is 0 Å². The van der Waals surface area contributed by atoms with E-state index < -0.39 is 0 Å². The van der Waals surface area contributed by atoms with Gasteiger partial charge in [0.2, 0.25) is 0 Å². The van der Waals surface area contributed by atoms with Gasteiger partial charge in [-0.15, -0.1) is 22.7 Å². The molecule has 0 unspecified atom stereocenters. The van der Waals surface area contributed by atoms with Gasteiger partial charge in [0.05, 0.1) is 0 Å². The normalized spacial score (nSPS) is 12.3. The van der Waals surface area contributed by atoms with Crippen LogP contribution in [-0.2, 0) is 0 Å². The first-order valence-electron chi connectivity index (χ1n) is 15.9. The molecule has 47 heavy (non-hydrogen) atoms. The molecule has 0 N–H and O–H groups in total. The lowest BCUT2D eigenvalue weighted by molar-refractivity contribution is 0.669. The van der Waals surface area contributed by atoms with Crippen LogP contribution in [0.4, 0.5) is 0 Å². The van der Waals surface area contributed by atoms with Crippen LogP contribution in [0.3, 0.4) is 0 Å². The third kappa shape index (κ3) is 3.58. The number of thiophene rings is 2. The van der Waals surface area contributed by atoms with Crippen molar-refractivity contribution in [2.24, 2.45) is 0 Å². The molecule has 218 valence electrons. The summed E-state index contributed by atoms with van der Waals surface area (Å²) in [6, 6.07) is 53.4. The van der Waals surface area contributed by atoms with Crippen LogP contribution in [0.1, 0.15) is 0 Å². The molecule has 3 heteroatoms. The fraction of sp³-hybridized carbons (Fsp3) is 0. The van der Waals surface area contributed by atoms with E-state index in [0.717, 1.165) is 11.2 Å². The summed E-state index contributed by atoms with van der Waals surface area (Å²) < 4.78 is 11.9. The molecule has 0 aliphatic heterocycles. The van der Waals surface area contributed by atoms with E-state index in [1.54, 1.807) is 0 Å². The Hall–Kier alpha value is -5.48. The fourth-order valence-electron chi connectivity index (χ4n) is 7.87. The van der Waals surface area contributed by atoms with E-state index in [1.807, 2.05) is 22.7 Å².